The maximum atomic E-state index is 12.6. The first-order valence-electron chi connectivity index (χ1n) is 10.2. The minimum Gasteiger partial charge on any atom is -0.488 e. The van der Waals surface area contributed by atoms with Gasteiger partial charge in [0.2, 0.25) is 0 Å². The highest BCUT2D eigenvalue weighted by Crippen LogP contribution is 2.20. The minimum absolute atomic E-state index is 0.335. The van der Waals surface area contributed by atoms with Gasteiger partial charge in [-0.3, -0.25) is 20.4 Å². The van der Waals surface area contributed by atoms with Crippen molar-refractivity contribution in [1.29, 1.82) is 0 Å². The Labute approximate surface area is 186 Å². The number of nitrogens with one attached hydrogen (secondary N) is 2. The van der Waals surface area contributed by atoms with Gasteiger partial charge >= 0.3 is 0 Å². The fourth-order valence-corrected chi connectivity index (χ4v) is 3.30. The van der Waals surface area contributed by atoms with Crippen LogP contribution in [0.4, 0.5) is 0 Å². The lowest BCUT2D eigenvalue weighted by molar-refractivity contribution is -0.117. The van der Waals surface area contributed by atoms with Crippen molar-refractivity contribution in [1.82, 2.24) is 10.9 Å². The predicted molar refractivity (Wildman–Crippen MR) is 126 cm³/mol. The monoisotopic (exact) mass is 422 g/mol. The largest absolute Gasteiger partial charge is 0.488 e. The zero-order chi connectivity index (χ0) is 22.2. The Kier molecular flexibility index (Phi) is 6.58. The molecule has 5 heteroatoms. The number of hydrogen-bond acceptors (Lipinski definition) is 3. The van der Waals surface area contributed by atoms with Crippen LogP contribution in [0.1, 0.15) is 21.5 Å². The van der Waals surface area contributed by atoms with Crippen molar-refractivity contribution in [2.24, 2.45) is 0 Å². The summed E-state index contributed by atoms with van der Waals surface area (Å²) in [6.07, 6.45) is 3.11. The summed E-state index contributed by atoms with van der Waals surface area (Å²) in [5, 5.41) is 2.14. The van der Waals surface area contributed by atoms with E-state index in [1.807, 2.05) is 72.8 Å². The normalized spacial score (nSPS) is 10.8. The lowest BCUT2D eigenvalue weighted by Crippen LogP contribution is -2.40. The van der Waals surface area contributed by atoms with Gasteiger partial charge in [-0.2, -0.15) is 0 Å². The van der Waals surface area contributed by atoms with Crippen molar-refractivity contribution in [3.63, 3.8) is 0 Å². The summed E-state index contributed by atoms with van der Waals surface area (Å²) >= 11 is 0. The maximum absolute atomic E-state index is 12.6. The SMILES string of the molecule is O=C(C=Cc1cccc2ccccc12)NNC(=O)c1ccccc1OCc1ccccc1. The highest BCUT2D eigenvalue weighted by molar-refractivity contribution is 6.00. The number of ether oxygens (including phenoxy) is 1. The highest BCUT2D eigenvalue weighted by atomic mass is 16.5. The zero-order valence-electron chi connectivity index (χ0n) is 17.3. The van der Waals surface area contributed by atoms with Crippen LogP contribution in [-0.4, -0.2) is 11.8 Å². The van der Waals surface area contributed by atoms with Crippen LogP contribution in [0.2, 0.25) is 0 Å². The third-order valence-electron chi connectivity index (χ3n) is 4.91. The average Bonchev–Trinajstić information content (AvgIpc) is 2.85. The van der Waals surface area contributed by atoms with Gasteiger partial charge in [0.25, 0.3) is 11.8 Å². The molecule has 158 valence electrons. The molecule has 5 nitrogen and oxygen atoms in total. The van der Waals surface area contributed by atoms with E-state index in [2.05, 4.69) is 10.9 Å². The lowest BCUT2D eigenvalue weighted by Gasteiger charge is -2.12. The Morgan fingerprint density at radius 3 is 2.34 bits per heavy atom. The first kappa shape index (κ1) is 20.9. The molecule has 4 rings (SSSR count). The lowest BCUT2D eigenvalue weighted by atomic mass is 10.0. The topological polar surface area (TPSA) is 67.4 Å². The van der Waals surface area contributed by atoms with Crippen LogP contribution >= 0.6 is 0 Å². The molecule has 32 heavy (non-hydrogen) atoms. The minimum atomic E-state index is -0.458. The Bertz CT molecular complexity index is 1260. The summed E-state index contributed by atoms with van der Waals surface area (Å²) in [6, 6.07) is 30.4. The molecule has 4 aromatic carbocycles. The molecule has 2 amide bonds. The van der Waals surface area contributed by atoms with Gasteiger partial charge in [0.15, 0.2) is 0 Å². The van der Waals surface area contributed by atoms with Gasteiger partial charge in [-0.05, 0) is 40.1 Å². The molecule has 0 aromatic heterocycles. The highest BCUT2D eigenvalue weighted by Gasteiger charge is 2.12. The summed E-state index contributed by atoms with van der Waals surface area (Å²) in [6.45, 7) is 0.339. The van der Waals surface area contributed by atoms with Crippen molar-refractivity contribution in [2.75, 3.05) is 0 Å². The molecule has 0 atom stereocenters. The van der Waals surface area contributed by atoms with Crippen molar-refractivity contribution in [3.8, 4) is 5.75 Å². The van der Waals surface area contributed by atoms with E-state index in [1.165, 1.54) is 6.08 Å². The summed E-state index contributed by atoms with van der Waals surface area (Å²) in [4.78, 5) is 24.8. The Hall–Kier alpha value is -4.38. The summed E-state index contributed by atoms with van der Waals surface area (Å²) in [7, 11) is 0. The van der Waals surface area contributed by atoms with Crippen LogP contribution < -0.4 is 15.6 Å². The first-order chi connectivity index (χ1) is 15.7. The van der Waals surface area contributed by atoms with Crippen LogP contribution in [0.25, 0.3) is 16.8 Å². The van der Waals surface area contributed by atoms with Gasteiger partial charge in [-0.15, -0.1) is 0 Å². The number of carbonyl (C=O) groups is 2. The van der Waals surface area contributed by atoms with Gasteiger partial charge < -0.3 is 4.74 Å². The van der Waals surface area contributed by atoms with Crippen molar-refractivity contribution in [3.05, 3.63) is 120 Å². The molecule has 0 bridgehead atoms. The number of rotatable bonds is 6. The van der Waals surface area contributed by atoms with Gasteiger partial charge in [0.1, 0.15) is 12.4 Å². The molecule has 0 aliphatic rings. The van der Waals surface area contributed by atoms with Crippen LogP contribution in [0, 0.1) is 0 Å². The Morgan fingerprint density at radius 2 is 1.47 bits per heavy atom. The average molecular weight is 422 g/mol. The van der Waals surface area contributed by atoms with Gasteiger partial charge in [-0.25, -0.2) is 0 Å². The molecule has 0 aliphatic heterocycles. The van der Waals surface area contributed by atoms with Crippen LogP contribution in [0.3, 0.4) is 0 Å². The molecular formula is C27H22N2O3. The summed E-state index contributed by atoms with van der Waals surface area (Å²) in [5.41, 5.74) is 7.11. The number of hydrazine groups is 1. The second-order valence-corrected chi connectivity index (χ2v) is 7.12. The number of fused-ring (bicyclic) bond motifs is 1. The molecule has 0 unspecified atom stereocenters. The molecule has 4 aromatic rings. The molecule has 0 fully saturated rings. The predicted octanol–water partition coefficient (Wildman–Crippen LogP) is 4.89. The second-order valence-electron chi connectivity index (χ2n) is 7.12. The molecule has 0 saturated carbocycles. The first-order valence-corrected chi connectivity index (χ1v) is 10.2. The third-order valence-corrected chi connectivity index (χ3v) is 4.91. The fraction of sp³-hybridized carbons (Fsp3) is 0.0370. The molecular weight excluding hydrogens is 400 g/mol. The van der Waals surface area contributed by atoms with Crippen LogP contribution in [0.15, 0.2) is 103 Å². The smallest absolute Gasteiger partial charge is 0.273 e. The fourth-order valence-electron chi connectivity index (χ4n) is 3.30. The van der Waals surface area contributed by atoms with Crippen molar-refractivity contribution >= 4 is 28.7 Å². The van der Waals surface area contributed by atoms with Gasteiger partial charge in [0, 0.05) is 6.08 Å². The second kappa shape index (κ2) is 10.1. The zero-order valence-corrected chi connectivity index (χ0v) is 17.3. The van der Waals surface area contributed by atoms with E-state index in [9.17, 15) is 9.59 Å². The summed E-state index contributed by atoms with van der Waals surface area (Å²) < 4.78 is 5.81. The molecule has 0 spiro atoms. The van der Waals surface area contributed by atoms with E-state index < -0.39 is 11.8 Å². The third kappa shape index (κ3) is 5.21. The molecule has 0 heterocycles. The van der Waals surface area contributed by atoms with Crippen molar-refractivity contribution < 1.29 is 14.3 Å². The Balaban J connectivity index is 1.37. The number of amides is 2. The van der Waals surface area contributed by atoms with E-state index in [4.69, 9.17) is 4.74 Å². The number of carbonyl (C=O) groups excluding carboxylic acids is 2. The van der Waals surface area contributed by atoms with Crippen molar-refractivity contribution in [2.45, 2.75) is 6.61 Å². The van der Waals surface area contributed by atoms with Crippen LogP contribution in [0.5, 0.6) is 5.75 Å². The standard InChI is InChI=1S/C27H22N2O3/c30-26(18-17-22-13-8-12-21-11-4-5-14-23(21)22)28-29-27(31)24-15-6-7-16-25(24)32-19-20-9-2-1-3-10-20/h1-18H,19H2,(H,28,30)(H,29,31). The molecule has 0 saturated heterocycles. The van der Waals surface area contributed by atoms with E-state index in [1.54, 1.807) is 30.3 Å². The van der Waals surface area contributed by atoms with Gasteiger partial charge in [-0.1, -0.05) is 84.9 Å². The molecule has 0 aliphatic carbocycles. The maximum Gasteiger partial charge on any atom is 0.273 e. The number of hydrogen-bond donors (Lipinski definition) is 2. The number of para-hydroxylation sites is 1. The van der Waals surface area contributed by atoms with E-state index >= 15 is 0 Å². The number of benzene rings is 4. The molecule has 2 N–H and O–H groups in total. The van der Waals surface area contributed by atoms with Gasteiger partial charge in [0.05, 0.1) is 5.56 Å². The molecule has 0 radical (unpaired) electrons. The van der Waals surface area contributed by atoms with E-state index in [0.717, 1.165) is 21.9 Å². The van der Waals surface area contributed by atoms with E-state index in [0.29, 0.717) is 17.9 Å². The summed E-state index contributed by atoms with van der Waals surface area (Å²) in [5.74, 6) is -0.455. The quantitative estimate of drug-likeness (QED) is 0.343. The van der Waals surface area contributed by atoms with E-state index in [-0.39, 0.29) is 0 Å². The Morgan fingerprint density at radius 1 is 0.750 bits per heavy atom. The van der Waals surface area contributed by atoms with Crippen LogP contribution in [-0.2, 0) is 11.4 Å².